The van der Waals surface area contributed by atoms with Crippen molar-refractivity contribution < 1.29 is 9.18 Å². The Balaban J connectivity index is 1.17. The van der Waals surface area contributed by atoms with E-state index in [1.165, 1.54) is 44.6 Å². The predicted octanol–water partition coefficient (Wildman–Crippen LogP) is 9.59. The molecule has 0 bridgehead atoms. The van der Waals surface area contributed by atoms with E-state index in [0.717, 1.165) is 65.4 Å². The van der Waals surface area contributed by atoms with Gasteiger partial charge in [0.15, 0.2) is 0 Å². The molecule has 0 aromatic heterocycles. The Bertz CT molecular complexity index is 1600. The third-order valence-corrected chi connectivity index (χ3v) is 9.41. The summed E-state index contributed by atoms with van der Waals surface area (Å²) in [7, 11) is 0. The molecular formula is C40H46FN3O. The Hall–Kier alpha value is -4.17. The first-order valence-electron chi connectivity index (χ1n) is 16.7. The highest BCUT2D eigenvalue weighted by Gasteiger charge is 2.18. The summed E-state index contributed by atoms with van der Waals surface area (Å²) in [4.78, 5) is 17.7. The second-order valence-corrected chi connectivity index (χ2v) is 12.6. The van der Waals surface area contributed by atoms with Gasteiger partial charge in [0.25, 0.3) is 5.91 Å². The molecule has 3 aliphatic rings. The van der Waals surface area contributed by atoms with Gasteiger partial charge in [-0.1, -0.05) is 94.6 Å². The first-order valence-corrected chi connectivity index (χ1v) is 16.7. The molecule has 1 fully saturated rings. The van der Waals surface area contributed by atoms with Crippen molar-refractivity contribution in [1.29, 1.82) is 0 Å². The maximum absolute atomic E-state index is 15.0. The van der Waals surface area contributed by atoms with E-state index in [9.17, 15) is 4.79 Å². The summed E-state index contributed by atoms with van der Waals surface area (Å²) in [5.41, 5.74) is 5.30. The number of nitrogens with one attached hydrogen (secondary N) is 2. The van der Waals surface area contributed by atoms with Crippen molar-refractivity contribution in [3.63, 3.8) is 0 Å². The van der Waals surface area contributed by atoms with E-state index in [0.29, 0.717) is 23.1 Å². The number of carbonyl (C=O) groups excluding carboxylic acids is 1. The summed E-state index contributed by atoms with van der Waals surface area (Å²) in [6.07, 6.45) is 23.7. The normalized spacial score (nSPS) is 21.1. The zero-order chi connectivity index (χ0) is 31.6. The fraction of sp³-hybridized carbons (Fsp3) is 0.400. The summed E-state index contributed by atoms with van der Waals surface area (Å²) in [5.74, 6) is 8.72. The molecule has 2 aromatic rings. The number of amides is 1. The highest BCUT2D eigenvalue weighted by molar-refractivity contribution is 6.04. The van der Waals surface area contributed by atoms with Crippen LogP contribution in [0.25, 0.3) is 0 Å². The second kappa shape index (κ2) is 15.7. The fourth-order valence-corrected chi connectivity index (χ4v) is 6.34. The molecule has 4 nitrogen and oxygen atoms in total. The van der Waals surface area contributed by atoms with Crippen LogP contribution in [0.15, 0.2) is 88.9 Å². The number of aliphatic imine (C=N–C) groups is 1. The topological polar surface area (TPSA) is 53.5 Å². The molecule has 1 saturated carbocycles. The minimum Gasteiger partial charge on any atom is -0.341 e. The Morgan fingerprint density at radius 2 is 1.84 bits per heavy atom. The number of benzene rings is 2. The van der Waals surface area contributed by atoms with Gasteiger partial charge >= 0.3 is 0 Å². The van der Waals surface area contributed by atoms with Crippen molar-refractivity contribution in [2.24, 2.45) is 22.7 Å². The smallest absolute Gasteiger partial charge is 0.255 e. The van der Waals surface area contributed by atoms with E-state index in [-0.39, 0.29) is 11.7 Å². The zero-order valence-corrected chi connectivity index (χ0v) is 27.0. The monoisotopic (exact) mass is 603 g/mol. The molecule has 0 radical (unpaired) electrons. The van der Waals surface area contributed by atoms with E-state index in [2.05, 4.69) is 59.5 Å². The molecule has 1 aliphatic heterocycles. The van der Waals surface area contributed by atoms with Gasteiger partial charge < -0.3 is 10.6 Å². The maximum atomic E-state index is 15.0. The Morgan fingerprint density at radius 1 is 1.00 bits per heavy atom. The van der Waals surface area contributed by atoms with Crippen LogP contribution in [0.2, 0.25) is 0 Å². The van der Waals surface area contributed by atoms with Crippen molar-refractivity contribution >= 4 is 17.8 Å². The Morgan fingerprint density at radius 3 is 2.64 bits per heavy atom. The largest absolute Gasteiger partial charge is 0.341 e. The summed E-state index contributed by atoms with van der Waals surface area (Å²) in [6, 6.07) is 10.5. The van der Waals surface area contributed by atoms with Crippen LogP contribution in [-0.4, -0.2) is 12.1 Å². The Kier molecular flexibility index (Phi) is 11.3. The van der Waals surface area contributed by atoms with Crippen molar-refractivity contribution in [2.45, 2.75) is 85.0 Å². The predicted molar refractivity (Wildman–Crippen MR) is 185 cm³/mol. The van der Waals surface area contributed by atoms with E-state index in [1.807, 2.05) is 37.3 Å². The van der Waals surface area contributed by atoms with Gasteiger partial charge in [0, 0.05) is 34.3 Å². The van der Waals surface area contributed by atoms with Gasteiger partial charge in [0.2, 0.25) is 0 Å². The summed E-state index contributed by atoms with van der Waals surface area (Å²) in [6.45, 7) is 6.44. The van der Waals surface area contributed by atoms with Crippen LogP contribution in [0, 0.1) is 42.3 Å². The number of carbonyl (C=O) groups is 1. The molecule has 1 heterocycles. The molecule has 0 spiro atoms. The molecule has 0 saturated heterocycles. The van der Waals surface area contributed by atoms with Gasteiger partial charge in [0.05, 0.1) is 0 Å². The third-order valence-electron chi connectivity index (χ3n) is 9.41. The number of hydrogen-bond donors (Lipinski definition) is 2. The molecule has 2 aliphatic carbocycles. The molecular weight excluding hydrogens is 557 g/mol. The third kappa shape index (κ3) is 9.17. The van der Waals surface area contributed by atoms with Crippen molar-refractivity contribution in [2.75, 3.05) is 5.32 Å². The van der Waals surface area contributed by atoms with Crippen molar-refractivity contribution in [3.05, 3.63) is 112 Å². The molecule has 3 atom stereocenters. The minimum absolute atomic E-state index is 0.254. The lowest BCUT2D eigenvalue weighted by Crippen LogP contribution is -2.12. The lowest BCUT2D eigenvalue weighted by Gasteiger charge is -2.15. The van der Waals surface area contributed by atoms with Gasteiger partial charge in [-0.3, -0.25) is 4.79 Å². The maximum Gasteiger partial charge on any atom is 0.255 e. The van der Waals surface area contributed by atoms with Gasteiger partial charge in [-0.15, -0.1) is 0 Å². The lowest BCUT2D eigenvalue weighted by molar-refractivity contribution is 0.102. The van der Waals surface area contributed by atoms with Gasteiger partial charge in [0.1, 0.15) is 11.6 Å². The SMILES string of the molecule is CCC1C=CC(NC2=CCC=C(C#Cc3cc(C(=O)Nc4ccc(CCC5CCCC(CC)CC5)c(F)c4)ccc3C)C=N2)=C1. The minimum atomic E-state index is -0.287. The molecule has 1 amide bonds. The highest BCUT2D eigenvalue weighted by atomic mass is 19.1. The first-order chi connectivity index (χ1) is 21.9. The van der Waals surface area contributed by atoms with Gasteiger partial charge in [-0.05, 0) is 97.9 Å². The van der Waals surface area contributed by atoms with E-state index in [4.69, 9.17) is 0 Å². The molecule has 2 aromatic carbocycles. The molecule has 234 valence electrons. The van der Waals surface area contributed by atoms with E-state index < -0.39 is 0 Å². The summed E-state index contributed by atoms with van der Waals surface area (Å²) in [5, 5.41) is 6.25. The van der Waals surface area contributed by atoms with E-state index >= 15 is 4.39 Å². The number of halogens is 1. The van der Waals surface area contributed by atoms with Crippen LogP contribution in [0.4, 0.5) is 10.1 Å². The molecule has 45 heavy (non-hydrogen) atoms. The average molecular weight is 604 g/mol. The van der Waals surface area contributed by atoms with Gasteiger partial charge in [-0.25, -0.2) is 9.38 Å². The average Bonchev–Trinajstić information content (AvgIpc) is 3.21. The first kappa shape index (κ1) is 32.2. The molecule has 3 unspecified atom stereocenters. The van der Waals surface area contributed by atoms with Crippen LogP contribution >= 0.6 is 0 Å². The Labute approximate surface area is 268 Å². The van der Waals surface area contributed by atoms with Crippen LogP contribution in [0.5, 0.6) is 0 Å². The number of rotatable bonds is 9. The standard InChI is InChI=1S/C40H46FN3O/c1-4-29-8-6-9-31(14-13-29)15-19-33-21-23-37(26-38(33)41)44-40(45)35-18-12-28(3)34(25-35)20-16-32-10-7-11-39(42-27-32)43-36-22-17-30(5-2)24-36/h10-12,17-18,21-27,29-31,43H,4-9,13-15,19H2,1-3H3,(H,44,45). The van der Waals surface area contributed by atoms with Crippen molar-refractivity contribution in [3.8, 4) is 11.8 Å². The molecule has 5 heteroatoms. The van der Waals surface area contributed by atoms with Gasteiger partial charge in [-0.2, -0.15) is 0 Å². The van der Waals surface area contributed by atoms with E-state index in [1.54, 1.807) is 18.3 Å². The fourth-order valence-electron chi connectivity index (χ4n) is 6.34. The zero-order valence-electron chi connectivity index (χ0n) is 27.0. The number of aryl methyl sites for hydroxylation is 2. The second-order valence-electron chi connectivity index (χ2n) is 12.6. The van der Waals surface area contributed by atoms with Crippen LogP contribution in [0.3, 0.4) is 0 Å². The van der Waals surface area contributed by atoms with Crippen LogP contribution < -0.4 is 10.6 Å². The summed E-state index contributed by atoms with van der Waals surface area (Å²) < 4.78 is 15.0. The molecule has 2 N–H and O–H groups in total. The quantitative estimate of drug-likeness (QED) is 0.222. The highest BCUT2D eigenvalue weighted by Crippen LogP contribution is 2.32. The number of allylic oxidation sites excluding steroid dienone is 6. The molecule has 5 rings (SSSR count). The number of hydrogen-bond acceptors (Lipinski definition) is 3. The van der Waals surface area contributed by atoms with Crippen LogP contribution in [0.1, 0.15) is 98.7 Å². The lowest BCUT2D eigenvalue weighted by atomic mass is 9.91. The number of anilines is 1. The number of nitrogens with zero attached hydrogens (tertiary/aromatic N) is 1. The van der Waals surface area contributed by atoms with Crippen molar-refractivity contribution in [1.82, 2.24) is 5.32 Å². The summed E-state index contributed by atoms with van der Waals surface area (Å²) >= 11 is 0. The van der Waals surface area contributed by atoms with Crippen LogP contribution in [-0.2, 0) is 6.42 Å².